The molecule has 0 atom stereocenters. The number of ether oxygens (including phenoxy) is 1. The second-order valence-corrected chi connectivity index (χ2v) is 8.45. The molecular formula is C25H25N3O4. The van der Waals surface area contributed by atoms with Crippen molar-refractivity contribution in [1.82, 2.24) is 14.7 Å². The summed E-state index contributed by atoms with van der Waals surface area (Å²) in [5.41, 5.74) is 5.77. The maximum atomic E-state index is 12.8. The molecule has 0 spiro atoms. The molecule has 1 N–H and O–H groups in total. The molecule has 0 unspecified atom stereocenters. The lowest BCUT2D eigenvalue weighted by Gasteiger charge is -2.31. The highest BCUT2D eigenvalue weighted by Gasteiger charge is 2.31. The lowest BCUT2D eigenvalue weighted by atomic mass is 9.93. The first-order chi connectivity index (χ1) is 15.5. The average Bonchev–Trinajstić information content (AvgIpc) is 3.36. The van der Waals surface area contributed by atoms with Gasteiger partial charge >= 0.3 is 12.1 Å². The van der Waals surface area contributed by atoms with Crippen LogP contribution < -0.4 is 0 Å². The molecule has 2 aliphatic rings. The van der Waals surface area contributed by atoms with Crippen molar-refractivity contribution in [1.29, 1.82) is 0 Å². The Kier molecular flexibility index (Phi) is 5.17. The molecule has 32 heavy (non-hydrogen) atoms. The number of rotatable bonds is 4. The minimum atomic E-state index is -0.984. The largest absolute Gasteiger partial charge is 0.477 e. The predicted molar refractivity (Wildman–Crippen MR) is 119 cm³/mol. The van der Waals surface area contributed by atoms with Gasteiger partial charge in [-0.25, -0.2) is 9.59 Å². The Morgan fingerprint density at radius 2 is 1.62 bits per heavy atom. The standard InChI is InChI=1S/C25H25N3O4/c1-27-23(24(29)30)14-22(26-27)16-10-12-28(13-11-16)25(31)32-15-21-19-8-4-2-6-17(19)18-7-3-5-9-20(18)21/h2-9,14,16,21H,10-13,15H2,1H3,(H,29,30). The second-order valence-electron chi connectivity index (χ2n) is 8.45. The molecule has 0 saturated carbocycles. The van der Waals surface area contributed by atoms with Crippen molar-refractivity contribution < 1.29 is 19.4 Å². The Labute approximate surface area is 186 Å². The Bertz CT molecular complexity index is 1130. The lowest BCUT2D eigenvalue weighted by molar-refractivity contribution is 0.0684. The molecule has 7 nitrogen and oxygen atoms in total. The van der Waals surface area contributed by atoms with Crippen molar-refractivity contribution >= 4 is 12.1 Å². The smallest absolute Gasteiger partial charge is 0.409 e. The van der Waals surface area contributed by atoms with Crippen LogP contribution in [0.5, 0.6) is 0 Å². The summed E-state index contributed by atoms with van der Waals surface area (Å²) < 4.78 is 7.16. The van der Waals surface area contributed by atoms with Crippen molar-refractivity contribution in [2.45, 2.75) is 24.7 Å². The zero-order valence-electron chi connectivity index (χ0n) is 17.9. The van der Waals surface area contributed by atoms with E-state index in [1.807, 2.05) is 24.3 Å². The van der Waals surface area contributed by atoms with Crippen LogP contribution in [0.4, 0.5) is 4.79 Å². The Hall–Kier alpha value is -3.61. The van der Waals surface area contributed by atoms with Crippen LogP contribution in [0.25, 0.3) is 11.1 Å². The number of aromatic nitrogens is 2. The van der Waals surface area contributed by atoms with E-state index in [-0.39, 0.29) is 23.6 Å². The highest BCUT2D eigenvalue weighted by molar-refractivity contribution is 5.85. The normalized spacial score (nSPS) is 16.0. The molecule has 7 heteroatoms. The van der Waals surface area contributed by atoms with Gasteiger partial charge in [0.25, 0.3) is 0 Å². The summed E-state index contributed by atoms with van der Waals surface area (Å²) in [7, 11) is 1.64. The van der Waals surface area contributed by atoms with Crippen LogP contribution in [-0.4, -0.2) is 51.5 Å². The monoisotopic (exact) mass is 431 g/mol. The van der Waals surface area contributed by atoms with E-state index in [1.165, 1.54) is 26.9 Å². The van der Waals surface area contributed by atoms with E-state index >= 15 is 0 Å². The Balaban J connectivity index is 1.21. The number of carboxylic acid groups (broad SMARTS) is 1. The van der Waals surface area contributed by atoms with Gasteiger partial charge in [0.2, 0.25) is 0 Å². The van der Waals surface area contributed by atoms with E-state index in [0.717, 1.165) is 18.5 Å². The summed E-state index contributed by atoms with van der Waals surface area (Å²) in [6, 6.07) is 18.2. The molecule has 1 fully saturated rings. The van der Waals surface area contributed by atoms with E-state index in [9.17, 15) is 14.7 Å². The fraction of sp³-hybridized carbons (Fsp3) is 0.320. The fourth-order valence-electron chi connectivity index (χ4n) is 4.93. The minimum Gasteiger partial charge on any atom is -0.477 e. The number of hydrogen-bond acceptors (Lipinski definition) is 4. The van der Waals surface area contributed by atoms with E-state index in [2.05, 4.69) is 29.4 Å². The first kappa shape index (κ1) is 20.3. The number of likely N-dealkylation sites (tertiary alicyclic amines) is 1. The molecule has 164 valence electrons. The summed E-state index contributed by atoms with van der Waals surface area (Å²) in [4.78, 5) is 25.8. The van der Waals surface area contributed by atoms with Gasteiger partial charge in [-0.3, -0.25) is 4.68 Å². The SMILES string of the molecule is Cn1nc(C2CCN(C(=O)OCC3c4ccccc4-c4ccccc43)CC2)cc1C(=O)O. The van der Waals surface area contributed by atoms with Crippen LogP contribution in [0.1, 0.15) is 52.0 Å². The summed E-state index contributed by atoms with van der Waals surface area (Å²) in [5.74, 6) is -0.791. The number of fused-ring (bicyclic) bond motifs is 3. The molecular weight excluding hydrogens is 406 g/mol. The van der Waals surface area contributed by atoms with Gasteiger partial charge in [0.1, 0.15) is 12.3 Å². The van der Waals surface area contributed by atoms with Crippen LogP contribution in [0, 0.1) is 0 Å². The zero-order chi connectivity index (χ0) is 22.2. The van der Waals surface area contributed by atoms with Gasteiger partial charge in [-0.05, 0) is 41.2 Å². The highest BCUT2D eigenvalue weighted by Crippen LogP contribution is 2.44. The molecule has 1 aliphatic heterocycles. The van der Waals surface area contributed by atoms with Crippen molar-refractivity contribution in [3.05, 3.63) is 77.1 Å². The van der Waals surface area contributed by atoms with Gasteiger partial charge in [-0.15, -0.1) is 0 Å². The number of carbonyl (C=O) groups is 2. The lowest BCUT2D eigenvalue weighted by Crippen LogP contribution is -2.38. The number of amides is 1. The van der Waals surface area contributed by atoms with Crippen LogP contribution >= 0.6 is 0 Å². The van der Waals surface area contributed by atoms with E-state index < -0.39 is 5.97 Å². The molecule has 0 radical (unpaired) electrons. The quantitative estimate of drug-likeness (QED) is 0.668. The number of aryl methyl sites for hydroxylation is 1. The molecule has 1 saturated heterocycles. The Morgan fingerprint density at radius 1 is 1.03 bits per heavy atom. The summed E-state index contributed by atoms with van der Waals surface area (Å²) >= 11 is 0. The van der Waals surface area contributed by atoms with Crippen LogP contribution in [-0.2, 0) is 11.8 Å². The average molecular weight is 431 g/mol. The maximum absolute atomic E-state index is 12.8. The second kappa shape index (κ2) is 8.15. The highest BCUT2D eigenvalue weighted by atomic mass is 16.6. The van der Waals surface area contributed by atoms with Crippen molar-refractivity contribution in [2.24, 2.45) is 7.05 Å². The number of piperidine rings is 1. The first-order valence-electron chi connectivity index (χ1n) is 10.9. The van der Waals surface area contributed by atoms with Crippen LogP contribution in [0.3, 0.4) is 0 Å². The molecule has 5 rings (SSSR count). The third-order valence-corrected chi connectivity index (χ3v) is 6.63. The van der Waals surface area contributed by atoms with Crippen molar-refractivity contribution in [3.8, 4) is 11.1 Å². The molecule has 1 aromatic heterocycles. The topological polar surface area (TPSA) is 84.7 Å². The van der Waals surface area contributed by atoms with Gasteiger partial charge in [-0.1, -0.05) is 48.5 Å². The molecule has 1 aliphatic carbocycles. The number of benzene rings is 2. The van der Waals surface area contributed by atoms with Gasteiger partial charge < -0.3 is 14.7 Å². The zero-order valence-corrected chi connectivity index (χ0v) is 17.9. The number of nitrogens with zero attached hydrogens (tertiary/aromatic N) is 3. The van der Waals surface area contributed by atoms with Crippen LogP contribution in [0.15, 0.2) is 54.6 Å². The number of carbonyl (C=O) groups excluding carboxylic acids is 1. The van der Waals surface area contributed by atoms with Gasteiger partial charge in [0, 0.05) is 32.0 Å². The fourth-order valence-corrected chi connectivity index (χ4v) is 4.93. The van der Waals surface area contributed by atoms with E-state index in [0.29, 0.717) is 19.7 Å². The first-order valence-corrected chi connectivity index (χ1v) is 10.9. The molecule has 2 aromatic carbocycles. The number of carboxylic acids is 1. The number of aromatic carboxylic acids is 1. The van der Waals surface area contributed by atoms with Crippen molar-refractivity contribution in [2.75, 3.05) is 19.7 Å². The Morgan fingerprint density at radius 3 is 2.19 bits per heavy atom. The predicted octanol–water partition coefficient (Wildman–Crippen LogP) is 4.25. The third kappa shape index (κ3) is 3.53. The molecule has 0 bridgehead atoms. The minimum absolute atomic E-state index is 0.0480. The molecule has 1 amide bonds. The summed E-state index contributed by atoms with van der Waals surface area (Å²) in [6.07, 6.45) is 1.18. The van der Waals surface area contributed by atoms with Gasteiger partial charge in [0.15, 0.2) is 0 Å². The third-order valence-electron chi connectivity index (χ3n) is 6.63. The van der Waals surface area contributed by atoms with Gasteiger partial charge in [0.05, 0.1) is 5.69 Å². The number of hydrogen-bond donors (Lipinski definition) is 1. The molecule has 3 aromatic rings. The van der Waals surface area contributed by atoms with E-state index in [4.69, 9.17) is 4.74 Å². The maximum Gasteiger partial charge on any atom is 0.409 e. The van der Waals surface area contributed by atoms with Crippen molar-refractivity contribution in [3.63, 3.8) is 0 Å². The van der Waals surface area contributed by atoms with E-state index in [1.54, 1.807) is 18.0 Å². The van der Waals surface area contributed by atoms with Crippen LogP contribution in [0.2, 0.25) is 0 Å². The summed E-state index contributed by atoms with van der Waals surface area (Å²) in [5, 5.41) is 13.6. The van der Waals surface area contributed by atoms with Gasteiger partial charge in [-0.2, -0.15) is 5.10 Å². The molecule has 2 heterocycles. The summed E-state index contributed by atoms with van der Waals surface area (Å²) in [6.45, 7) is 1.45.